The molecule has 3 aliphatic heterocycles. The van der Waals surface area contributed by atoms with Crippen LogP contribution in [0.4, 0.5) is 8.78 Å². The van der Waals surface area contributed by atoms with Crippen molar-refractivity contribution in [1.29, 1.82) is 0 Å². The Balaban J connectivity index is 1.25. The van der Waals surface area contributed by atoms with E-state index in [9.17, 15) is 17.2 Å². The summed E-state index contributed by atoms with van der Waals surface area (Å²) < 4.78 is 60.9. The van der Waals surface area contributed by atoms with Crippen LogP contribution in [-0.4, -0.2) is 58.6 Å². The average molecular weight is 439 g/mol. The number of aromatic nitrogens is 2. The summed E-state index contributed by atoms with van der Waals surface area (Å²) in [7, 11) is -3.57. The molecular formula is C19H23F2N5O3S. The number of rotatable bonds is 4. The summed E-state index contributed by atoms with van der Waals surface area (Å²) in [6, 6.07) is 2.78. The van der Waals surface area contributed by atoms with Crippen molar-refractivity contribution in [2.24, 2.45) is 5.73 Å². The molecule has 8 nitrogen and oxygen atoms in total. The van der Waals surface area contributed by atoms with Gasteiger partial charge < -0.3 is 10.5 Å². The van der Waals surface area contributed by atoms with Gasteiger partial charge in [0.05, 0.1) is 12.3 Å². The summed E-state index contributed by atoms with van der Waals surface area (Å²) >= 11 is 0. The highest BCUT2D eigenvalue weighted by atomic mass is 32.2. The quantitative estimate of drug-likeness (QED) is 0.768. The predicted octanol–water partition coefficient (Wildman–Crippen LogP) is 1.13. The van der Waals surface area contributed by atoms with Gasteiger partial charge in [-0.05, 0) is 31.0 Å². The largest absolute Gasteiger partial charge is 0.370 e. The molecule has 2 saturated heterocycles. The number of nitrogens with zero attached hydrogens (tertiary/aromatic N) is 4. The average Bonchev–Trinajstić information content (AvgIpc) is 3.22. The Morgan fingerprint density at radius 1 is 1.20 bits per heavy atom. The van der Waals surface area contributed by atoms with Gasteiger partial charge in [-0.2, -0.15) is 21.9 Å². The third kappa shape index (κ3) is 3.34. The number of ether oxygens (including phenoxy) is 1. The zero-order valence-electron chi connectivity index (χ0n) is 16.2. The Bertz CT molecular complexity index is 1050. The molecule has 0 saturated carbocycles. The maximum Gasteiger partial charge on any atom is 0.322 e. The molecule has 2 fully saturated rings. The number of benzene rings is 1. The van der Waals surface area contributed by atoms with Crippen molar-refractivity contribution in [2.45, 2.75) is 44.1 Å². The van der Waals surface area contributed by atoms with Gasteiger partial charge in [-0.3, -0.25) is 4.90 Å². The lowest BCUT2D eigenvalue weighted by Gasteiger charge is -2.38. The highest BCUT2D eigenvalue weighted by Gasteiger charge is 2.38. The van der Waals surface area contributed by atoms with Gasteiger partial charge in [-0.15, -0.1) is 0 Å². The summed E-state index contributed by atoms with van der Waals surface area (Å²) in [4.78, 5) is 2.14. The van der Waals surface area contributed by atoms with Crippen molar-refractivity contribution >= 4 is 10.2 Å². The molecule has 1 aromatic heterocycles. The van der Waals surface area contributed by atoms with E-state index in [0.717, 1.165) is 40.0 Å². The molecule has 0 spiro atoms. The van der Waals surface area contributed by atoms with Crippen LogP contribution in [-0.2, 0) is 28.0 Å². The van der Waals surface area contributed by atoms with Gasteiger partial charge in [0, 0.05) is 55.6 Å². The molecule has 11 heteroatoms. The highest BCUT2D eigenvalue weighted by molar-refractivity contribution is 7.87. The van der Waals surface area contributed by atoms with Crippen LogP contribution in [0.5, 0.6) is 0 Å². The summed E-state index contributed by atoms with van der Waals surface area (Å²) in [5.41, 5.74) is 7.99. The lowest BCUT2D eigenvalue weighted by Crippen LogP contribution is -2.48. The topological polar surface area (TPSA) is 93.7 Å². The monoisotopic (exact) mass is 439 g/mol. The molecule has 2 aromatic rings. The van der Waals surface area contributed by atoms with Crippen molar-refractivity contribution in [2.75, 3.05) is 19.7 Å². The second kappa shape index (κ2) is 7.34. The minimum Gasteiger partial charge on any atom is -0.370 e. The van der Waals surface area contributed by atoms with E-state index in [1.165, 1.54) is 4.31 Å². The predicted molar refractivity (Wildman–Crippen MR) is 103 cm³/mol. The Kier molecular flexibility index (Phi) is 4.90. The fourth-order valence-electron chi connectivity index (χ4n) is 4.32. The van der Waals surface area contributed by atoms with E-state index in [-0.39, 0.29) is 11.6 Å². The summed E-state index contributed by atoms with van der Waals surface area (Å²) in [5, 5.41) is 4.30. The molecular weight excluding hydrogens is 416 g/mol. The van der Waals surface area contributed by atoms with Crippen LogP contribution in [0.15, 0.2) is 24.4 Å². The van der Waals surface area contributed by atoms with Gasteiger partial charge in [0.25, 0.3) is 0 Å². The smallest absolute Gasteiger partial charge is 0.322 e. The van der Waals surface area contributed by atoms with Crippen LogP contribution >= 0.6 is 0 Å². The van der Waals surface area contributed by atoms with Crippen LogP contribution in [0.25, 0.3) is 0 Å². The molecule has 1 aromatic carbocycles. The van der Waals surface area contributed by atoms with E-state index in [2.05, 4.69) is 10.00 Å². The zero-order valence-corrected chi connectivity index (χ0v) is 17.1. The van der Waals surface area contributed by atoms with Crippen LogP contribution in [0, 0.1) is 11.6 Å². The SMILES string of the molecule is N[C@H]1C[C@@H](N2Cc3cn(S(=O)(=O)N4CCC4)nc3C2)CO[C@@H]1c1cc(F)ccc1F. The van der Waals surface area contributed by atoms with Gasteiger partial charge in [0.15, 0.2) is 0 Å². The first kappa shape index (κ1) is 20.0. The minimum atomic E-state index is -3.57. The summed E-state index contributed by atoms with van der Waals surface area (Å²) in [6.45, 7) is 2.43. The van der Waals surface area contributed by atoms with Crippen molar-refractivity contribution in [3.63, 3.8) is 0 Å². The van der Waals surface area contributed by atoms with Crippen LogP contribution in [0.2, 0.25) is 0 Å². The Morgan fingerprint density at radius 3 is 2.67 bits per heavy atom. The fourth-order valence-corrected chi connectivity index (χ4v) is 5.73. The van der Waals surface area contributed by atoms with Gasteiger partial charge in [-0.1, -0.05) is 0 Å². The third-order valence-corrected chi connectivity index (χ3v) is 7.82. The number of fused-ring (bicyclic) bond motifs is 1. The van der Waals surface area contributed by atoms with Gasteiger partial charge >= 0.3 is 10.2 Å². The molecule has 2 N–H and O–H groups in total. The third-order valence-electron chi connectivity index (χ3n) is 6.14. The van der Waals surface area contributed by atoms with Crippen molar-refractivity contribution in [3.05, 3.63) is 52.9 Å². The van der Waals surface area contributed by atoms with E-state index in [4.69, 9.17) is 10.5 Å². The molecule has 0 radical (unpaired) electrons. The van der Waals surface area contributed by atoms with Crippen molar-refractivity contribution < 1.29 is 21.9 Å². The Morgan fingerprint density at radius 2 is 2.00 bits per heavy atom. The first-order chi connectivity index (χ1) is 14.3. The number of nitrogens with two attached hydrogens (primary N) is 1. The first-order valence-electron chi connectivity index (χ1n) is 9.97. The summed E-state index contributed by atoms with van der Waals surface area (Å²) in [5.74, 6) is -1.06. The highest BCUT2D eigenvalue weighted by Crippen LogP contribution is 2.34. The standard InChI is InChI=1S/C19H23F2N5O3S/c20-13-2-3-16(21)15(6-13)19-17(22)7-14(11-29-19)24-8-12-9-26(23-18(12)10-24)30(27,28)25-4-1-5-25/h2-3,6,9,14,17,19H,1,4-5,7-8,10-11,22H2/t14-,17+,19-/m1/s1. The number of hydrogen-bond acceptors (Lipinski definition) is 6. The Hall–Kier alpha value is -1.92. The van der Waals surface area contributed by atoms with E-state index in [0.29, 0.717) is 39.2 Å². The van der Waals surface area contributed by atoms with Gasteiger partial charge in [0.2, 0.25) is 0 Å². The number of hydrogen-bond donors (Lipinski definition) is 1. The van der Waals surface area contributed by atoms with Gasteiger partial charge in [-0.25, -0.2) is 8.78 Å². The maximum atomic E-state index is 14.1. The zero-order chi connectivity index (χ0) is 21.0. The molecule has 0 unspecified atom stereocenters. The summed E-state index contributed by atoms with van der Waals surface area (Å²) in [6.07, 6.45) is 2.30. The van der Waals surface area contributed by atoms with Crippen LogP contribution < -0.4 is 5.73 Å². The van der Waals surface area contributed by atoms with E-state index in [1.807, 2.05) is 0 Å². The van der Waals surface area contributed by atoms with E-state index >= 15 is 0 Å². The Labute approximate surface area is 173 Å². The molecule has 4 heterocycles. The lowest BCUT2D eigenvalue weighted by molar-refractivity contribution is -0.0533. The second-order valence-corrected chi connectivity index (χ2v) is 9.90. The van der Waals surface area contributed by atoms with E-state index < -0.39 is 34.0 Å². The van der Waals surface area contributed by atoms with Gasteiger partial charge in [0.1, 0.15) is 17.7 Å². The molecule has 0 bridgehead atoms. The molecule has 162 valence electrons. The molecule has 30 heavy (non-hydrogen) atoms. The molecule has 3 aliphatic rings. The van der Waals surface area contributed by atoms with Crippen LogP contribution in [0.1, 0.15) is 35.8 Å². The molecule has 5 rings (SSSR count). The second-order valence-electron chi connectivity index (χ2n) is 8.11. The maximum absolute atomic E-state index is 14.1. The molecule has 0 amide bonds. The van der Waals surface area contributed by atoms with E-state index in [1.54, 1.807) is 6.20 Å². The minimum absolute atomic E-state index is 0.0116. The first-order valence-corrected chi connectivity index (χ1v) is 11.4. The number of halogens is 2. The van der Waals surface area contributed by atoms with Crippen LogP contribution in [0.3, 0.4) is 0 Å². The lowest BCUT2D eigenvalue weighted by atomic mass is 9.93. The molecule has 3 atom stereocenters. The van der Waals surface area contributed by atoms with Crippen molar-refractivity contribution in [1.82, 2.24) is 18.4 Å². The molecule has 0 aliphatic carbocycles. The normalized spacial score (nSPS) is 27.8. The fraction of sp³-hybridized carbons (Fsp3) is 0.526. The van der Waals surface area contributed by atoms with Crippen molar-refractivity contribution in [3.8, 4) is 0 Å².